The molecule has 0 aromatic heterocycles. The van der Waals surface area contributed by atoms with Crippen LogP contribution in [0.4, 0.5) is 11.4 Å². The van der Waals surface area contributed by atoms with E-state index in [9.17, 15) is 23.3 Å². The Morgan fingerprint density at radius 1 is 1.20 bits per heavy atom. The summed E-state index contributed by atoms with van der Waals surface area (Å²) >= 11 is 0. The number of non-ortho nitro benzene ring substituents is 1. The second kappa shape index (κ2) is 6.72. The fraction of sp³-hybridized carbons (Fsp3) is 0.562. The van der Waals surface area contributed by atoms with Crippen LogP contribution >= 0.6 is 0 Å². The highest BCUT2D eigenvalue weighted by Gasteiger charge is 2.34. The smallest absolute Gasteiger partial charge is 0.270 e. The monoisotopic (exact) mass is 367 g/mol. The van der Waals surface area contributed by atoms with E-state index in [1.165, 1.54) is 16.4 Å². The molecule has 0 amide bonds. The lowest BCUT2D eigenvalue weighted by atomic mass is 9.98. The molecule has 1 unspecified atom stereocenters. The van der Waals surface area contributed by atoms with Gasteiger partial charge in [0.25, 0.3) is 5.69 Å². The molecule has 2 saturated heterocycles. The second-order valence-corrected chi connectivity index (χ2v) is 8.49. The third-order valence-electron chi connectivity index (χ3n) is 4.85. The summed E-state index contributed by atoms with van der Waals surface area (Å²) in [7, 11) is -3.80. The van der Waals surface area contributed by atoms with Crippen molar-refractivity contribution in [1.29, 1.82) is 0 Å². The lowest BCUT2D eigenvalue weighted by Crippen LogP contribution is -2.40. The second-order valence-electron chi connectivity index (χ2n) is 6.58. The van der Waals surface area contributed by atoms with Gasteiger partial charge in [0.15, 0.2) is 0 Å². The first-order valence-electron chi connectivity index (χ1n) is 8.37. The van der Waals surface area contributed by atoms with Crippen molar-refractivity contribution in [2.24, 2.45) is 5.92 Å². The summed E-state index contributed by atoms with van der Waals surface area (Å²) in [6.45, 7) is 3.51. The molecule has 0 bridgehead atoms. The summed E-state index contributed by atoms with van der Waals surface area (Å²) in [5.74, 6) is -0.0339. The van der Waals surface area contributed by atoms with Gasteiger partial charge in [-0.3, -0.25) is 14.9 Å². The van der Waals surface area contributed by atoms with Crippen LogP contribution < -0.4 is 4.90 Å². The zero-order valence-electron chi connectivity index (χ0n) is 14.1. The van der Waals surface area contributed by atoms with E-state index in [0.717, 1.165) is 18.9 Å². The number of hydrogen-bond acceptors (Lipinski definition) is 6. The average Bonchev–Trinajstić information content (AvgIpc) is 3.12. The normalized spacial score (nSPS) is 22.4. The van der Waals surface area contributed by atoms with Gasteiger partial charge in [-0.15, -0.1) is 0 Å². The molecule has 25 heavy (non-hydrogen) atoms. The minimum Gasteiger partial charge on any atom is -0.369 e. The molecule has 2 heterocycles. The lowest BCUT2D eigenvalue weighted by molar-refractivity contribution is -0.385. The van der Waals surface area contributed by atoms with E-state index in [4.69, 9.17) is 0 Å². The number of carbonyl (C=O) groups is 1. The van der Waals surface area contributed by atoms with Crippen molar-refractivity contribution in [1.82, 2.24) is 4.31 Å². The number of rotatable bonds is 4. The molecule has 0 saturated carbocycles. The van der Waals surface area contributed by atoms with Crippen molar-refractivity contribution in [3.63, 3.8) is 0 Å². The maximum Gasteiger partial charge on any atom is 0.270 e. The van der Waals surface area contributed by atoms with Crippen LogP contribution in [-0.4, -0.2) is 49.6 Å². The first-order valence-corrected chi connectivity index (χ1v) is 9.81. The number of sulfonamides is 1. The summed E-state index contributed by atoms with van der Waals surface area (Å²) in [4.78, 5) is 24.1. The minimum atomic E-state index is -3.80. The van der Waals surface area contributed by atoms with Crippen LogP contribution in [0.3, 0.4) is 0 Å². The predicted octanol–water partition coefficient (Wildman–Crippen LogP) is 1.79. The highest BCUT2D eigenvalue weighted by Crippen LogP contribution is 2.34. The van der Waals surface area contributed by atoms with Gasteiger partial charge in [0.1, 0.15) is 10.7 Å². The Kier molecular flexibility index (Phi) is 4.79. The summed E-state index contributed by atoms with van der Waals surface area (Å²) in [5, 5.41) is 11.1. The number of piperidine rings is 1. The molecule has 0 aliphatic carbocycles. The predicted molar refractivity (Wildman–Crippen MR) is 92.1 cm³/mol. The Bertz CT molecular complexity index is 802. The molecule has 0 spiro atoms. The van der Waals surface area contributed by atoms with E-state index < -0.39 is 14.9 Å². The number of benzene rings is 1. The van der Waals surface area contributed by atoms with Gasteiger partial charge >= 0.3 is 0 Å². The van der Waals surface area contributed by atoms with E-state index in [1.807, 2.05) is 11.8 Å². The first-order chi connectivity index (χ1) is 11.8. The fourth-order valence-electron chi connectivity index (χ4n) is 3.39. The lowest BCUT2D eigenvalue weighted by Gasteiger charge is -2.33. The molecule has 1 atom stereocenters. The van der Waals surface area contributed by atoms with Gasteiger partial charge in [-0.2, -0.15) is 4.31 Å². The maximum absolute atomic E-state index is 13.0. The molecule has 3 rings (SSSR count). The number of ketones is 1. The largest absolute Gasteiger partial charge is 0.369 e. The molecule has 1 aromatic carbocycles. The van der Waals surface area contributed by atoms with Crippen molar-refractivity contribution in [2.45, 2.75) is 31.1 Å². The SMILES string of the molecule is CC1CN(c2ccc([N+](=O)[O-])cc2S(=O)(=O)N2CCCC2)CCC1=O. The molecule has 9 heteroatoms. The van der Waals surface area contributed by atoms with Crippen LogP contribution in [0.5, 0.6) is 0 Å². The quantitative estimate of drug-likeness (QED) is 0.594. The van der Waals surface area contributed by atoms with Crippen LogP contribution in [-0.2, 0) is 14.8 Å². The number of anilines is 1. The Morgan fingerprint density at radius 2 is 1.88 bits per heavy atom. The van der Waals surface area contributed by atoms with Crippen LogP contribution in [0.1, 0.15) is 26.2 Å². The molecule has 0 radical (unpaired) electrons. The van der Waals surface area contributed by atoms with Gasteiger partial charge in [0, 0.05) is 50.7 Å². The molecule has 136 valence electrons. The molecule has 2 fully saturated rings. The van der Waals surface area contributed by atoms with Crippen molar-refractivity contribution in [3.05, 3.63) is 28.3 Å². The molecule has 1 aromatic rings. The van der Waals surface area contributed by atoms with Crippen LogP contribution in [0, 0.1) is 16.0 Å². The van der Waals surface area contributed by atoms with E-state index in [2.05, 4.69) is 0 Å². The molecular weight excluding hydrogens is 346 g/mol. The first kappa shape index (κ1) is 17.8. The van der Waals surface area contributed by atoms with Crippen molar-refractivity contribution in [2.75, 3.05) is 31.1 Å². The van der Waals surface area contributed by atoms with E-state index >= 15 is 0 Å². The number of nitro benzene ring substituents is 1. The Morgan fingerprint density at radius 3 is 2.48 bits per heavy atom. The Hall–Kier alpha value is -2.00. The summed E-state index contributed by atoms with van der Waals surface area (Å²) in [6, 6.07) is 3.95. The van der Waals surface area contributed by atoms with Crippen molar-refractivity contribution >= 4 is 27.2 Å². The van der Waals surface area contributed by atoms with Gasteiger partial charge in [-0.05, 0) is 18.9 Å². The number of nitrogens with zero attached hydrogens (tertiary/aromatic N) is 3. The molecular formula is C16H21N3O5S. The topological polar surface area (TPSA) is 101 Å². The van der Waals surface area contributed by atoms with Gasteiger partial charge in [-0.25, -0.2) is 8.42 Å². The molecule has 8 nitrogen and oxygen atoms in total. The van der Waals surface area contributed by atoms with E-state index in [1.54, 1.807) is 0 Å². The molecule has 2 aliphatic heterocycles. The number of Topliss-reactive ketones (excluding diaryl/α,β-unsaturated/α-hetero) is 1. The number of nitro groups is 1. The highest BCUT2D eigenvalue weighted by atomic mass is 32.2. The van der Waals surface area contributed by atoms with E-state index in [0.29, 0.717) is 38.3 Å². The maximum atomic E-state index is 13.0. The van der Waals surface area contributed by atoms with Crippen molar-refractivity contribution < 1.29 is 18.1 Å². The van der Waals surface area contributed by atoms with Crippen LogP contribution in [0.15, 0.2) is 23.1 Å². The van der Waals surface area contributed by atoms with Crippen LogP contribution in [0.2, 0.25) is 0 Å². The Labute approximate surface area is 146 Å². The third kappa shape index (κ3) is 3.38. The zero-order chi connectivity index (χ0) is 18.2. The van der Waals surface area contributed by atoms with E-state index in [-0.39, 0.29) is 22.3 Å². The zero-order valence-corrected chi connectivity index (χ0v) is 14.9. The van der Waals surface area contributed by atoms with Gasteiger partial charge < -0.3 is 4.90 Å². The number of hydrogen-bond donors (Lipinski definition) is 0. The molecule has 2 aliphatic rings. The molecule has 0 N–H and O–H groups in total. The van der Waals surface area contributed by atoms with Gasteiger partial charge in [0.05, 0.1) is 10.6 Å². The van der Waals surface area contributed by atoms with Crippen molar-refractivity contribution in [3.8, 4) is 0 Å². The summed E-state index contributed by atoms with van der Waals surface area (Å²) < 4.78 is 27.4. The number of carbonyl (C=O) groups excluding carboxylic acids is 1. The summed E-state index contributed by atoms with van der Waals surface area (Å²) in [6.07, 6.45) is 1.93. The highest BCUT2D eigenvalue weighted by molar-refractivity contribution is 7.89. The minimum absolute atomic E-state index is 0.0369. The fourth-order valence-corrected chi connectivity index (χ4v) is 5.13. The van der Waals surface area contributed by atoms with Crippen LogP contribution in [0.25, 0.3) is 0 Å². The average molecular weight is 367 g/mol. The summed E-state index contributed by atoms with van der Waals surface area (Å²) in [5.41, 5.74) is 0.194. The third-order valence-corrected chi connectivity index (χ3v) is 6.78. The Balaban J connectivity index is 2.06. The standard InChI is InChI=1S/C16H21N3O5S/c1-12-11-17(9-6-15(12)20)14-5-4-13(19(21)22)10-16(14)25(23,24)18-7-2-3-8-18/h4-5,10,12H,2-3,6-9,11H2,1H3. The van der Waals surface area contributed by atoms with Gasteiger partial charge in [-0.1, -0.05) is 6.92 Å². The van der Waals surface area contributed by atoms with Gasteiger partial charge in [0.2, 0.25) is 10.0 Å².